The Morgan fingerprint density at radius 1 is 1.45 bits per heavy atom. The maximum absolute atomic E-state index is 5.51. The van der Waals surface area contributed by atoms with Gasteiger partial charge in [0.25, 0.3) is 0 Å². The molecule has 20 heavy (non-hydrogen) atoms. The van der Waals surface area contributed by atoms with E-state index in [1.165, 1.54) is 6.39 Å². The third kappa shape index (κ3) is 4.37. The molecule has 0 spiro atoms. The molecule has 1 N–H and O–H groups in total. The van der Waals surface area contributed by atoms with Crippen LogP contribution in [0.5, 0.6) is 5.75 Å². The normalized spacial score (nSPS) is 10.2. The lowest BCUT2D eigenvalue weighted by molar-refractivity contribution is 0.364. The van der Waals surface area contributed by atoms with Crippen LogP contribution in [-0.2, 0) is 13.0 Å². The first kappa shape index (κ1) is 14.6. The Labute approximate surface area is 125 Å². The van der Waals surface area contributed by atoms with Crippen LogP contribution in [0.15, 0.2) is 33.6 Å². The van der Waals surface area contributed by atoms with Gasteiger partial charge in [0.05, 0.1) is 0 Å². The van der Waals surface area contributed by atoms with Gasteiger partial charge >= 0.3 is 0 Å². The van der Waals surface area contributed by atoms with Crippen LogP contribution in [0, 0.1) is 12.3 Å². The molecule has 0 aliphatic heterocycles. The van der Waals surface area contributed by atoms with Crippen molar-refractivity contribution in [1.82, 2.24) is 15.5 Å². The maximum Gasteiger partial charge on any atom is 0.213 e. The second-order valence-electron chi connectivity index (χ2n) is 4.02. The van der Waals surface area contributed by atoms with Crippen molar-refractivity contribution in [3.8, 4) is 18.1 Å². The molecule has 104 valence electrons. The standard InChI is InChI=1S/C14H14BrN3O2/c1-2-7-19-13-4-3-12(15)8-11(13)9-16-6-5-14-17-10-20-18-14/h1,3-4,8,10,16H,5-7,9H2. The third-order valence-electron chi connectivity index (χ3n) is 2.58. The highest BCUT2D eigenvalue weighted by molar-refractivity contribution is 9.10. The number of benzene rings is 1. The Kier molecular flexibility index (Phi) is 5.59. The van der Waals surface area contributed by atoms with Crippen molar-refractivity contribution in [3.05, 3.63) is 40.5 Å². The van der Waals surface area contributed by atoms with Gasteiger partial charge in [0.1, 0.15) is 12.4 Å². The lowest BCUT2D eigenvalue weighted by Gasteiger charge is -2.11. The first-order chi connectivity index (χ1) is 9.79. The summed E-state index contributed by atoms with van der Waals surface area (Å²) in [5.41, 5.74) is 1.04. The van der Waals surface area contributed by atoms with Crippen molar-refractivity contribution in [1.29, 1.82) is 0 Å². The summed E-state index contributed by atoms with van der Waals surface area (Å²) in [5.74, 6) is 3.94. The zero-order chi connectivity index (χ0) is 14.2. The molecule has 0 bridgehead atoms. The van der Waals surface area contributed by atoms with Crippen LogP contribution in [0.1, 0.15) is 11.4 Å². The predicted octanol–water partition coefficient (Wildman–Crippen LogP) is 2.18. The van der Waals surface area contributed by atoms with Crippen molar-refractivity contribution >= 4 is 15.9 Å². The number of terminal acetylenes is 1. The van der Waals surface area contributed by atoms with Crippen molar-refractivity contribution < 1.29 is 9.26 Å². The molecule has 0 saturated heterocycles. The number of nitrogens with zero attached hydrogens (tertiary/aromatic N) is 2. The predicted molar refractivity (Wildman–Crippen MR) is 78.2 cm³/mol. The quantitative estimate of drug-likeness (QED) is 0.620. The van der Waals surface area contributed by atoms with Gasteiger partial charge in [-0.05, 0) is 18.2 Å². The first-order valence-electron chi connectivity index (χ1n) is 6.10. The monoisotopic (exact) mass is 335 g/mol. The number of hydrogen-bond donors (Lipinski definition) is 1. The maximum atomic E-state index is 5.51. The summed E-state index contributed by atoms with van der Waals surface area (Å²) in [6.45, 7) is 1.69. The SMILES string of the molecule is C#CCOc1ccc(Br)cc1CNCCc1ncon1. The summed E-state index contributed by atoms with van der Waals surface area (Å²) in [6.07, 6.45) is 7.25. The summed E-state index contributed by atoms with van der Waals surface area (Å²) in [7, 11) is 0. The molecular formula is C14H14BrN3O2. The van der Waals surface area contributed by atoms with Crippen LogP contribution in [0.3, 0.4) is 0 Å². The number of nitrogens with one attached hydrogen (secondary N) is 1. The van der Waals surface area contributed by atoms with Gasteiger partial charge < -0.3 is 14.6 Å². The first-order valence-corrected chi connectivity index (χ1v) is 6.89. The van der Waals surface area contributed by atoms with E-state index in [0.29, 0.717) is 18.8 Å². The molecule has 0 atom stereocenters. The molecule has 0 aliphatic rings. The molecular weight excluding hydrogens is 322 g/mol. The lowest BCUT2D eigenvalue weighted by atomic mass is 10.2. The molecule has 1 heterocycles. The molecule has 0 fully saturated rings. The zero-order valence-electron chi connectivity index (χ0n) is 10.8. The van der Waals surface area contributed by atoms with E-state index in [0.717, 1.165) is 22.3 Å². The van der Waals surface area contributed by atoms with Gasteiger partial charge in [-0.2, -0.15) is 4.98 Å². The molecule has 2 aromatic rings. The zero-order valence-corrected chi connectivity index (χ0v) is 12.4. The third-order valence-corrected chi connectivity index (χ3v) is 3.07. The van der Waals surface area contributed by atoms with Crippen LogP contribution in [0.2, 0.25) is 0 Å². The van der Waals surface area contributed by atoms with E-state index in [1.54, 1.807) is 0 Å². The van der Waals surface area contributed by atoms with E-state index in [2.05, 4.69) is 41.8 Å². The number of hydrogen-bond acceptors (Lipinski definition) is 5. The second-order valence-corrected chi connectivity index (χ2v) is 4.93. The highest BCUT2D eigenvalue weighted by atomic mass is 79.9. The molecule has 0 amide bonds. The minimum absolute atomic E-state index is 0.261. The highest BCUT2D eigenvalue weighted by Gasteiger charge is 2.05. The summed E-state index contributed by atoms with van der Waals surface area (Å²) >= 11 is 3.45. The Morgan fingerprint density at radius 2 is 2.35 bits per heavy atom. The van der Waals surface area contributed by atoms with Gasteiger partial charge in [-0.3, -0.25) is 0 Å². The van der Waals surface area contributed by atoms with Crippen molar-refractivity contribution in [2.75, 3.05) is 13.2 Å². The summed E-state index contributed by atoms with van der Waals surface area (Å²) in [5, 5.41) is 7.06. The number of rotatable bonds is 7. The molecule has 0 saturated carbocycles. The molecule has 1 aromatic heterocycles. The average molecular weight is 336 g/mol. The average Bonchev–Trinajstić information content (AvgIpc) is 2.96. The van der Waals surface area contributed by atoms with E-state index < -0.39 is 0 Å². The van der Waals surface area contributed by atoms with Gasteiger partial charge in [0.2, 0.25) is 6.39 Å². The topological polar surface area (TPSA) is 60.2 Å². The van der Waals surface area contributed by atoms with Crippen molar-refractivity contribution in [3.63, 3.8) is 0 Å². The smallest absolute Gasteiger partial charge is 0.213 e. The van der Waals surface area contributed by atoms with Crippen LogP contribution >= 0.6 is 15.9 Å². The second kappa shape index (κ2) is 7.68. The largest absolute Gasteiger partial charge is 0.481 e. The highest BCUT2D eigenvalue weighted by Crippen LogP contribution is 2.23. The Balaban J connectivity index is 1.87. The Hall–Kier alpha value is -1.84. The van der Waals surface area contributed by atoms with Crippen LogP contribution in [0.4, 0.5) is 0 Å². The number of aromatic nitrogens is 2. The molecule has 2 rings (SSSR count). The number of ether oxygens (including phenoxy) is 1. The summed E-state index contributed by atoms with van der Waals surface area (Å²) in [6, 6.07) is 5.83. The van der Waals surface area contributed by atoms with Gasteiger partial charge in [-0.15, -0.1) is 6.42 Å². The van der Waals surface area contributed by atoms with Gasteiger partial charge in [0, 0.05) is 29.5 Å². The van der Waals surface area contributed by atoms with Crippen molar-refractivity contribution in [2.45, 2.75) is 13.0 Å². The fourth-order valence-corrected chi connectivity index (χ4v) is 2.08. The van der Waals surface area contributed by atoms with Gasteiger partial charge in [-0.1, -0.05) is 27.0 Å². The Morgan fingerprint density at radius 3 is 3.10 bits per heavy atom. The van der Waals surface area contributed by atoms with E-state index in [1.807, 2.05) is 18.2 Å². The van der Waals surface area contributed by atoms with Crippen LogP contribution in [0.25, 0.3) is 0 Å². The van der Waals surface area contributed by atoms with Crippen LogP contribution < -0.4 is 10.1 Å². The molecule has 0 radical (unpaired) electrons. The van der Waals surface area contributed by atoms with Crippen LogP contribution in [-0.4, -0.2) is 23.3 Å². The fourth-order valence-electron chi connectivity index (χ4n) is 1.67. The molecule has 0 aliphatic carbocycles. The fraction of sp³-hybridized carbons (Fsp3) is 0.286. The van der Waals surface area contributed by atoms with E-state index in [4.69, 9.17) is 11.2 Å². The Bertz CT molecular complexity index is 579. The van der Waals surface area contributed by atoms with Gasteiger partial charge in [0.15, 0.2) is 5.82 Å². The summed E-state index contributed by atoms with van der Waals surface area (Å²) in [4.78, 5) is 3.96. The lowest BCUT2D eigenvalue weighted by Crippen LogP contribution is -2.17. The summed E-state index contributed by atoms with van der Waals surface area (Å²) < 4.78 is 11.2. The minimum atomic E-state index is 0.261. The molecule has 0 unspecified atom stereocenters. The van der Waals surface area contributed by atoms with E-state index in [-0.39, 0.29) is 6.61 Å². The van der Waals surface area contributed by atoms with Gasteiger partial charge in [-0.25, -0.2) is 0 Å². The van der Waals surface area contributed by atoms with Crippen molar-refractivity contribution in [2.24, 2.45) is 0 Å². The molecule has 6 heteroatoms. The number of halogens is 1. The molecule has 1 aromatic carbocycles. The van der Waals surface area contributed by atoms with E-state index >= 15 is 0 Å². The molecule has 5 nitrogen and oxygen atoms in total. The minimum Gasteiger partial charge on any atom is -0.481 e. The van der Waals surface area contributed by atoms with E-state index in [9.17, 15) is 0 Å².